The van der Waals surface area contributed by atoms with Gasteiger partial charge in [0.2, 0.25) is 0 Å². The number of pyridine rings is 2. The fraction of sp³-hybridized carbons (Fsp3) is 0.190. The number of nitrogens with zero attached hydrogens (tertiary/aromatic N) is 3. The summed E-state index contributed by atoms with van der Waals surface area (Å²) in [7, 11) is 0. The van der Waals surface area contributed by atoms with Gasteiger partial charge in [-0.3, -0.25) is 9.78 Å². The maximum atomic E-state index is 13.4. The van der Waals surface area contributed by atoms with Crippen LogP contribution in [0.1, 0.15) is 40.3 Å². The number of carbonyl (C=O) groups excluding carboxylic acids is 1. The van der Waals surface area contributed by atoms with Crippen LogP contribution in [0, 0.1) is 12.7 Å². The fourth-order valence-corrected chi connectivity index (χ4v) is 3.00. The molecule has 132 valence electrons. The van der Waals surface area contributed by atoms with Gasteiger partial charge in [-0.2, -0.15) is 0 Å². The van der Waals surface area contributed by atoms with E-state index in [4.69, 9.17) is 0 Å². The molecule has 0 aliphatic heterocycles. The third-order valence-electron chi connectivity index (χ3n) is 4.23. The summed E-state index contributed by atoms with van der Waals surface area (Å²) in [5.74, 6) is -0.473. The maximum Gasteiger partial charge on any atom is 0.273 e. The van der Waals surface area contributed by atoms with Crippen molar-refractivity contribution in [3.05, 3.63) is 95.3 Å². The van der Waals surface area contributed by atoms with Crippen LogP contribution in [0.4, 0.5) is 4.39 Å². The van der Waals surface area contributed by atoms with Crippen LogP contribution in [0.2, 0.25) is 0 Å². The second-order valence-electron chi connectivity index (χ2n) is 5.99. The number of carbonyl (C=O) groups is 1. The molecule has 5 heteroatoms. The molecule has 2 aromatic heterocycles. The summed E-state index contributed by atoms with van der Waals surface area (Å²) in [6.45, 7) is 4.26. The summed E-state index contributed by atoms with van der Waals surface area (Å²) in [5.41, 5.74) is 2.93. The molecule has 1 atom stereocenters. The molecule has 4 nitrogen and oxygen atoms in total. The summed E-state index contributed by atoms with van der Waals surface area (Å²) < 4.78 is 13.4. The number of hydrogen-bond donors (Lipinski definition) is 0. The molecule has 0 saturated heterocycles. The number of aromatic nitrogens is 2. The summed E-state index contributed by atoms with van der Waals surface area (Å²) in [6, 6.07) is 15.0. The highest BCUT2D eigenvalue weighted by atomic mass is 19.1. The SMILES string of the molecule is CCN(C(=O)c1cccc(C)n1)[C@@H](c1ccncc1)c1ccc(F)cc1. The number of rotatable bonds is 5. The second-order valence-corrected chi connectivity index (χ2v) is 5.99. The standard InChI is InChI=1S/C21H20FN3O/c1-3-25(21(26)19-6-4-5-15(2)24-19)20(17-11-13-23-14-12-17)16-7-9-18(22)10-8-16/h4-14,20H,3H2,1-2H3/t20-/m1/s1. The fourth-order valence-electron chi connectivity index (χ4n) is 3.00. The number of halogens is 1. The van der Waals surface area contributed by atoms with Crippen molar-refractivity contribution in [2.24, 2.45) is 0 Å². The molecule has 2 heterocycles. The van der Waals surface area contributed by atoms with Crippen molar-refractivity contribution in [3.8, 4) is 0 Å². The number of hydrogen-bond acceptors (Lipinski definition) is 3. The van der Waals surface area contributed by atoms with Crippen LogP contribution in [0.5, 0.6) is 0 Å². The van der Waals surface area contributed by atoms with E-state index in [1.807, 2.05) is 38.1 Å². The molecule has 0 saturated carbocycles. The van der Waals surface area contributed by atoms with Crippen molar-refractivity contribution in [1.29, 1.82) is 0 Å². The van der Waals surface area contributed by atoms with Crippen molar-refractivity contribution < 1.29 is 9.18 Å². The van der Waals surface area contributed by atoms with Crippen molar-refractivity contribution in [1.82, 2.24) is 14.9 Å². The first kappa shape index (κ1) is 17.7. The zero-order valence-electron chi connectivity index (χ0n) is 14.8. The topological polar surface area (TPSA) is 46.1 Å². The van der Waals surface area contributed by atoms with Crippen LogP contribution in [0.15, 0.2) is 67.0 Å². The first-order chi connectivity index (χ1) is 12.6. The van der Waals surface area contributed by atoms with Gasteiger partial charge < -0.3 is 4.90 Å². The first-order valence-electron chi connectivity index (χ1n) is 8.50. The van der Waals surface area contributed by atoms with Crippen LogP contribution in [0.25, 0.3) is 0 Å². The highest BCUT2D eigenvalue weighted by molar-refractivity contribution is 5.93. The van der Waals surface area contributed by atoms with Crippen molar-refractivity contribution >= 4 is 5.91 Å². The molecule has 1 amide bonds. The summed E-state index contributed by atoms with van der Waals surface area (Å²) in [6.07, 6.45) is 3.38. The summed E-state index contributed by atoms with van der Waals surface area (Å²) in [5, 5.41) is 0. The van der Waals surface area contributed by atoms with E-state index in [0.29, 0.717) is 12.2 Å². The number of benzene rings is 1. The van der Waals surface area contributed by atoms with Gasteiger partial charge in [-0.05, 0) is 61.4 Å². The van der Waals surface area contributed by atoms with Gasteiger partial charge in [-0.1, -0.05) is 18.2 Å². The highest BCUT2D eigenvalue weighted by Gasteiger charge is 2.27. The lowest BCUT2D eigenvalue weighted by atomic mass is 9.97. The molecule has 0 bridgehead atoms. The zero-order valence-corrected chi connectivity index (χ0v) is 14.8. The van der Waals surface area contributed by atoms with Crippen molar-refractivity contribution in [2.75, 3.05) is 6.54 Å². The lowest BCUT2D eigenvalue weighted by Gasteiger charge is -2.31. The van der Waals surface area contributed by atoms with E-state index in [9.17, 15) is 9.18 Å². The van der Waals surface area contributed by atoms with Gasteiger partial charge in [0.1, 0.15) is 11.5 Å². The molecule has 0 unspecified atom stereocenters. The van der Waals surface area contributed by atoms with Gasteiger partial charge in [-0.15, -0.1) is 0 Å². The van der Waals surface area contributed by atoms with Crippen molar-refractivity contribution in [2.45, 2.75) is 19.9 Å². The highest BCUT2D eigenvalue weighted by Crippen LogP contribution is 2.29. The molecule has 26 heavy (non-hydrogen) atoms. The minimum atomic E-state index is -0.349. The Balaban J connectivity index is 2.06. The maximum absolute atomic E-state index is 13.4. The number of aryl methyl sites for hydroxylation is 1. The van der Waals surface area contributed by atoms with Gasteiger partial charge in [-0.25, -0.2) is 9.37 Å². The molecule has 0 fully saturated rings. The van der Waals surface area contributed by atoms with E-state index in [1.165, 1.54) is 12.1 Å². The van der Waals surface area contributed by atoms with Gasteiger partial charge in [0.05, 0.1) is 6.04 Å². The van der Waals surface area contributed by atoms with Crippen molar-refractivity contribution in [3.63, 3.8) is 0 Å². The normalized spacial score (nSPS) is 11.8. The third kappa shape index (κ3) is 3.77. The van der Waals surface area contributed by atoms with Crippen LogP contribution in [-0.2, 0) is 0 Å². The Bertz CT molecular complexity index is 881. The second kappa shape index (κ2) is 7.87. The van der Waals surface area contributed by atoms with Crippen LogP contribution in [0.3, 0.4) is 0 Å². The average Bonchev–Trinajstić information content (AvgIpc) is 2.67. The van der Waals surface area contributed by atoms with E-state index in [0.717, 1.165) is 16.8 Å². The largest absolute Gasteiger partial charge is 0.326 e. The predicted molar refractivity (Wildman–Crippen MR) is 98.2 cm³/mol. The first-order valence-corrected chi connectivity index (χ1v) is 8.50. The van der Waals surface area contributed by atoms with Gasteiger partial charge in [0.15, 0.2) is 0 Å². The van der Waals surface area contributed by atoms with E-state index in [2.05, 4.69) is 9.97 Å². The van der Waals surface area contributed by atoms with Gasteiger partial charge in [0.25, 0.3) is 5.91 Å². The molecular formula is C21H20FN3O. The lowest BCUT2D eigenvalue weighted by molar-refractivity contribution is 0.0711. The smallest absolute Gasteiger partial charge is 0.273 e. The zero-order chi connectivity index (χ0) is 18.5. The molecule has 0 radical (unpaired) electrons. The molecule has 3 aromatic rings. The average molecular weight is 349 g/mol. The Hall–Kier alpha value is -3.08. The summed E-state index contributed by atoms with van der Waals surface area (Å²) >= 11 is 0. The van der Waals surface area contributed by atoms with E-state index in [-0.39, 0.29) is 17.8 Å². The van der Waals surface area contributed by atoms with E-state index in [1.54, 1.807) is 35.5 Å². The summed E-state index contributed by atoms with van der Waals surface area (Å²) in [4.78, 5) is 23.3. The molecule has 3 rings (SSSR count). The van der Waals surface area contributed by atoms with Crippen LogP contribution >= 0.6 is 0 Å². The molecule has 0 aliphatic carbocycles. The molecule has 0 N–H and O–H groups in total. The van der Waals surface area contributed by atoms with E-state index >= 15 is 0 Å². The minimum Gasteiger partial charge on any atom is -0.326 e. The Morgan fingerprint density at radius 2 is 1.69 bits per heavy atom. The van der Waals surface area contributed by atoms with Crippen LogP contribution < -0.4 is 0 Å². The quantitative estimate of drug-likeness (QED) is 0.694. The Kier molecular flexibility index (Phi) is 5.37. The molecular weight excluding hydrogens is 329 g/mol. The molecule has 0 spiro atoms. The Morgan fingerprint density at radius 1 is 1.04 bits per heavy atom. The monoisotopic (exact) mass is 349 g/mol. The minimum absolute atomic E-state index is 0.165. The van der Waals surface area contributed by atoms with E-state index < -0.39 is 0 Å². The lowest BCUT2D eigenvalue weighted by Crippen LogP contribution is -2.36. The van der Waals surface area contributed by atoms with Gasteiger partial charge >= 0.3 is 0 Å². The third-order valence-corrected chi connectivity index (χ3v) is 4.23. The van der Waals surface area contributed by atoms with Crippen LogP contribution in [-0.4, -0.2) is 27.3 Å². The molecule has 1 aromatic carbocycles. The van der Waals surface area contributed by atoms with Gasteiger partial charge in [0, 0.05) is 24.6 Å². The Morgan fingerprint density at radius 3 is 2.31 bits per heavy atom. The number of amides is 1. The predicted octanol–water partition coefficient (Wildman–Crippen LogP) is 4.18. The molecule has 0 aliphatic rings. The Labute approximate surface area is 152 Å².